The molecular formula is C14H19NO4. The van der Waals surface area contributed by atoms with Crippen LogP contribution >= 0.6 is 0 Å². The van der Waals surface area contributed by atoms with Crippen molar-refractivity contribution in [1.82, 2.24) is 0 Å². The van der Waals surface area contributed by atoms with Crippen LogP contribution in [-0.2, 0) is 22.4 Å². The third-order valence-electron chi connectivity index (χ3n) is 3.26. The third-order valence-corrected chi connectivity index (χ3v) is 3.26. The number of carbonyl (C=O) groups is 1. The largest absolute Gasteiger partial charge is 0.508 e. The Morgan fingerprint density at radius 3 is 3.00 bits per heavy atom. The van der Waals surface area contributed by atoms with Crippen LogP contribution in [0.15, 0.2) is 12.1 Å². The predicted molar refractivity (Wildman–Crippen MR) is 70.2 cm³/mol. The van der Waals surface area contributed by atoms with Crippen molar-refractivity contribution in [2.45, 2.75) is 31.7 Å². The van der Waals surface area contributed by atoms with Gasteiger partial charge in [0.15, 0.2) is 0 Å². The Morgan fingerprint density at radius 1 is 1.47 bits per heavy atom. The number of nitrogens with two attached hydrogens (primary N) is 1. The number of rotatable bonds is 5. The van der Waals surface area contributed by atoms with Crippen molar-refractivity contribution in [3.05, 3.63) is 23.3 Å². The molecule has 1 atom stereocenters. The Kier molecular flexibility index (Phi) is 4.27. The number of aromatic hydroxyl groups is 1. The number of hydrogen-bond donors (Lipinski definition) is 2. The zero-order chi connectivity index (χ0) is 13.8. The molecule has 3 N–H and O–H groups in total. The molecule has 0 aliphatic heterocycles. The molecule has 1 aromatic rings. The van der Waals surface area contributed by atoms with E-state index < -0.39 is 0 Å². The Labute approximate surface area is 112 Å². The van der Waals surface area contributed by atoms with Gasteiger partial charge in [-0.1, -0.05) is 0 Å². The van der Waals surface area contributed by atoms with Crippen LogP contribution in [-0.4, -0.2) is 30.8 Å². The minimum absolute atomic E-state index is 0.0791. The molecule has 0 spiro atoms. The van der Waals surface area contributed by atoms with E-state index in [9.17, 15) is 9.90 Å². The van der Waals surface area contributed by atoms with Crippen molar-refractivity contribution >= 4 is 5.97 Å². The summed E-state index contributed by atoms with van der Waals surface area (Å²) >= 11 is 0. The highest BCUT2D eigenvalue weighted by Crippen LogP contribution is 2.33. The highest BCUT2D eigenvalue weighted by atomic mass is 16.5. The number of hydrogen-bond acceptors (Lipinski definition) is 5. The Morgan fingerprint density at radius 2 is 2.26 bits per heavy atom. The second-order valence-corrected chi connectivity index (χ2v) is 4.78. The van der Waals surface area contributed by atoms with E-state index in [1.54, 1.807) is 6.07 Å². The quantitative estimate of drug-likeness (QED) is 0.616. The first kappa shape index (κ1) is 13.7. The highest BCUT2D eigenvalue weighted by Gasteiger charge is 2.22. The van der Waals surface area contributed by atoms with Gasteiger partial charge in [0.1, 0.15) is 11.5 Å². The second kappa shape index (κ2) is 5.93. The van der Waals surface area contributed by atoms with E-state index in [0.29, 0.717) is 31.6 Å². The maximum absolute atomic E-state index is 10.9. The van der Waals surface area contributed by atoms with Crippen molar-refractivity contribution in [3.63, 3.8) is 0 Å². The van der Waals surface area contributed by atoms with Crippen LogP contribution in [0.1, 0.15) is 24.0 Å². The fourth-order valence-corrected chi connectivity index (χ4v) is 2.31. The summed E-state index contributed by atoms with van der Waals surface area (Å²) in [5.41, 5.74) is 7.85. The predicted octanol–water partition coefficient (Wildman–Crippen LogP) is 1.15. The molecule has 104 valence electrons. The fourth-order valence-electron chi connectivity index (χ4n) is 2.31. The maximum atomic E-state index is 10.9. The standard InChI is InChI=1S/C14H19NO4/c1-18-14(17)3-2-4-19-11-6-9-5-10(15)7-12(9)13(16)8-11/h6,8,10,16H,2-5,7,15H2,1H3. The molecular weight excluding hydrogens is 246 g/mol. The normalized spacial score (nSPS) is 17.1. The molecule has 0 radical (unpaired) electrons. The molecule has 2 rings (SSSR count). The summed E-state index contributed by atoms with van der Waals surface area (Å²) in [6, 6.07) is 3.60. The van der Waals surface area contributed by atoms with Gasteiger partial charge in [-0.3, -0.25) is 4.79 Å². The SMILES string of the molecule is COC(=O)CCCOc1cc(O)c2c(c1)CC(N)C2. The average molecular weight is 265 g/mol. The number of phenolic OH excluding ortho intramolecular Hbond substituents is 1. The maximum Gasteiger partial charge on any atom is 0.305 e. The first-order valence-corrected chi connectivity index (χ1v) is 6.40. The van der Waals surface area contributed by atoms with E-state index in [2.05, 4.69) is 4.74 Å². The van der Waals surface area contributed by atoms with Crippen molar-refractivity contribution in [2.75, 3.05) is 13.7 Å². The summed E-state index contributed by atoms with van der Waals surface area (Å²) in [5.74, 6) is 0.620. The molecule has 5 heteroatoms. The van der Waals surface area contributed by atoms with Gasteiger partial charge in [-0.2, -0.15) is 0 Å². The molecule has 0 heterocycles. The molecule has 19 heavy (non-hydrogen) atoms. The third kappa shape index (κ3) is 3.38. The number of ether oxygens (including phenoxy) is 2. The lowest BCUT2D eigenvalue weighted by atomic mass is 10.1. The van der Waals surface area contributed by atoms with Gasteiger partial charge in [-0.15, -0.1) is 0 Å². The first-order chi connectivity index (χ1) is 9.10. The molecule has 1 aliphatic carbocycles. The van der Waals surface area contributed by atoms with Crippen LogP contribution in [0, 0.1) is 0 Å². The van der Waals surface area contributed by atoms with E-state index in [-0.39, 0.29) is 17.8 Å². The van der Waals surface area contributed by atoms with E-state index >= 15 is 0 Å². The van der Waals surface area contributed by atoms with E-state index in [1.807, 2.05) is 6.07 Å². The van der Waals surface area contributed by atoms with Gasteiger partial charge in [0.2, 0.25) is 0 Å². The molecule has 0 aromatic heterocycles. The van der Waals surface area contributed by atoms with Crippen molar-refractivity contribution < 1.29 is 19.4 Å². The lowest BCUT2D eigenvalue weighted by molar-refractivity contribution is -0.140. The molecule has 0 saturated heterocycles. The van der Waals surface area contributed by atoms with Crippen LogP contribution in [0.25, 0.3) is 0 Å². The van der Waals surface area contributed by atoms with Crippen LogP contribution in [0.4, 0.5) is 0 Å². The molecule has 1 aromatic carbocycles. The number of methoxy groups -OCH3 is 1. The summed E-state index contributed by atoms with van der Waals surface area (Å²) in [6.07, 6.45) is 2.40. The fraction of sp³-hybridized carbons (Fsp3) is 0.500. The van der Waals surface area contributed by atoms with Gasteiger partial charge in [0, 0.05) is 18.5 Å². The minimum atomic E-state index is -0.244. The van der Waals surface area contributed by atoms with Gasteiger partial charge in [-0.05, 0) is 36.5 Å². The van der Waals surface area contributed by atoms with Gasteiger partial charge in [-0.25, -0.2) is 0 Å². The van der Waals surface area contributed by atoms with Gasteiger partial charge in [0.25, 0.3) is 0 Å². The van der Waals surface area contributed by atoms with Crippen molar-refractivity contribution in [2.24, 2.45) is 5.73 Å². The summed E-state index contributed by atoms with van der Waals surface area (Å²) in [4.78, 5) is 10.9. The molecule has 1 aliphatic rings. The number of benzene rings is 1. The average Bonchev–Trinajstić information content (AvgIpc) is 2.75. The second-order valence-electron chi connectivity index (χ2n) is 4.78. The monoisotopic (exact) mass is 265 g/mol. The van der Waals surface area contributed by atoms with Gasteiger partial charge >= 0.3 is 5.97 Å². The van der Waals surface area contributed by atoms with Crippen LogP contribution in [0.5, 0.6) is 11.5 Å². The zero-order valence-corrected chi connectivity index (χ0v) is 11.0. The molecule has 0 fully saturated rings. The number of phenols is 1. The molecule has 0 bridgehead atoms. The van der Waals surface area contributed by atoms with Crippen LogP contribution in [0.2, 0.25) is 0 Å². The number of esters is 1. The lowest BCUT2D eigenvalue weighted by Gasteiger charge is -2.09. The minimum Gasteiger partial charge on any atom is -0.508 e. The highest BCUT2D eigenvalue weighted by molar-refractivity contribution is 5.69. The summed E-state index contributed by atoms with van der Waals surface area (Å²) < 4.78 is 10.1. The zero-order valence-electron chi connectivity index (χ0n) is 11.0. The first-order valence-electron chi connectivity index (χ1n) is 6.40. The molecule has 1 unspecified atom stereocenters. The number of fused-ring (bicyclic) bond motifs is 1. The summed E-state index contributed by atoms with van der Waals surface area (Å²) in [6.45, 7) is 0.416. The van der Waals surface area contributed by atoms with Gasteiger partial charge in [0.05, 0.1) is 13.7 Å². The van der Waals surface area contributed by atoms with Gasteiger partial charge < -0.3 is 20.3 Å². The van der Waals surface area contributed by atoms with Crippen LogP contribution < -0.4 is 10.5 Å². The van der Waals surface area contributed by atoms with E-state index in [4.69, 9.17) is 10.5 Å². The van der Waals surface area contributed by atoms with Crippen molar-refractivity contribution in [1.29, 1.82) is 0 Å². The summed E-state index contributed by atoms with van der Waals surface area (Å²) in [7, 11) is 1.37. The topological polar surface area (TPSA) is 81.8 Å². The van der Waals surface area contributed by atoms with E-state index in [1.165, 1.54) is 7.11 Å². The Balaban J connectivity index is 1.90. The lowest BCUT2D eigenvalue weighted by Crippen LogP contribution is -2.19. The van der Waals surface area contributed by atoms with E-state index in [0.717, 1.165) is 17.5 Å². The smallest absolute Gasteiger partial charge is 0.305 e. The summed E-state index contributed by atoms with van der Waals surface area (Å²) in [5, 5.41) is 9.90. The number of carbonyl (C=O) groups excluding carboxylic acids is 1. The molecule has 5 nitrogen and oxygen atoms in total. The Hall–Kier alpha value is -1.75. The Bertz CT molecular complexity index is 473. The van der Waals surface area contributed by atoms with Crippen molar-refractivity contribution in [3.8, 4) is 11.5 Å². The molecule has 0 amide bonds. The van der Waals surface area contributed by atoms with Crippen LogP contribution in [0.3, 0.4) is 0 Å². The molecule has 0 saturated carbocycles.